The van der Waals surface area contributed by atoms with Gasteiger partial charge in [0.15, 0.2) is 0 Å². The molecule has 0 aliphatic carbocycles. The van der Waals surface area contributed by atoms with E-state index in [2.05, 4.69) is 14.9 Å². The molecule has 1 heterocycles. The number of nitrogens with one attached hydrogen (secondary N) is 1. The number of hydrogen-bond acceptors (Lipinski definition) is 5. The molecule has 1 N–H and O–H groups in total. The zero-order valence-electron chi connectivity index (χ0n) is 11.5. The van der Waals surface area contributed by atoms with Gasteiger partial charge in [-0.3, -0.25) is 0 Å². The second-order valence-electron chi connectivity index (χ2n) is 4.47. The Bertz CT molecular complexity index is 700. The predicted octanol–water partition coefficient (Wildman–Crippen LogP) is 2.10. The fourth-order valence-corrected chi connectivity index (χ4v) is 2.80. The number of nitrogens with zero attached hydrogens (tertiary/aromatic N) is 2. The van der Waals surface area contributed by atoms with E-state index in [4.69, 9.17) is 4.42 Å². The van der Waals surface area contributed by atoms with E-state index in [1.165, 1.54) is 12.1 Å². The van der Waals surface area contributed by atoms with Crippen LogP contribution in [0.15, 0.2) is 28.7 Å². The fraction of sp³-hybridized carbons (Fsp3) is 0.385. The zero-order chi connectivity index (χ0) is 15.3. The van der Waals surface area contributed by atoms with Crippen molar-refractivity contribution in [3.63, 3.8) is 0 Å². The predicted molar refractivity (Wildman–Crippen MR) is 75.2 cm³/mol. The summed E-state index contributed by atoms with van der Waals surface area (Å²) in [6.07, 6.45) is 1.37. The number of benzene rings is 1. The van der Waals surface area contributed by atoms with Crippen molar-refractivity contribution in [3.8, 4) is 11.5 Å². The minimum absolute atomic E-state index is 0.0239. The van der Waals surface area contributed by atoms with Gasteiger partial charge in [-0.25, -0.2) is 17.5 Å². The van der Waals surface area contributed by atoms with Crippen LogP contribution in [0, 0.1) is 5.82 Å². The minimum Gasteiger partial charge on any atom is -0.419 e. The van der Waals surface area contributed by atoms with Crippen molar-refractivity contribution < 1.29 is 17.2 Å². The SMILES string of the molecule is CCCCS(=O)(=O)NCc1nnc(-c2ccccc2F)o1. The van der Waals surface area contributed by atoms with Crippen LogP contribution in [0.2, 0.25) is 0 Å². The molecule has 0 fully saturated rings. The summed E-state index contributed by atoms with van der Waals surface area (Å²) in [7, 11) is -3.36. The van der Waals surface area contributed by atoms with Crippen LogP contribution in [0.5, 0.6) is 0 Å². The summed E-state index contributed by atoms with van der Waals surface area (Å²) < 4.78 is 44.5. The Balaban J connectivity index is 2.03. The average molecular weight is 313 g/mol. The quantitative estimate of drug-likeness (QED) is 0.846. The van der Waals surface area contributed by atoms with Crippen LogP contribution in [0.4, 0.5) is 4.39 Å². The van der Waals surface area contributed by atoms with E-state index in [1.807, 2.05) is 6.92 Å². The maximum Gasteiger partial charge on any atom is 0.250 e. The highest BCUT2D eigenvalue weighted by Gasteiger charge is 2.15. The number of rotatable bonds is 7. The van der Waals surface area contributed by atoms with Crippen molar-refractivity contribution in [1.82, 2.24) is 14.9 Å². The van der Waals surface area contributed by atoms with Crippen LogP contribution in [0.3, 0.4) is 0 Å². The summed E-state index contributed by atoms with van der Waals surface area (Å²) in [5.74, 6) is -0.307. The lowest BCUT2D eigenvalue weighted by Gasteiger charge is -2.02. The van der Waals surface area contributed by atoms with Crippen molar-refractivity contribution in [2.75, 3.05) is 5.75 Å². The van der Waals surface area contributed by atoms with E-state index in [9.17, 15) is 12.8 Å². The molecule has 0 saturated carbocycles. The van der Waals surface area contributed by atoms with Gasteiger partial charge in [-0.2, -0.15) is 0 Å². The van der Waals surface area contributed by atoms with E-state index in [0.717, 1.165) is 6.42 Å². The highest BCUT2D eigenvalue weighted by atomic mass is 32.2. The molecule has 0 aliphatic rings. The third-order valence-corrected chi connectivity index (χ3v) is 4.19. The molecule has 0 unspecified atom stereocenters. The van der Waals surface area contributed by atoms with Gasteiger partial charge in [-0.05, 0) is 18.6 Å². The summed E-state index contributed by atoms with van der Waals surface area (Å²) in [5, 5.41) is 7.43. The van der Waals surface area contributed by atoms with E-state index in [1.54, 1.807) is 12.1 Å². The van der Waals surface area contributed by atoms with Gasteiger partial charge in [0.2, 0.25) is 15.9 Å². The Morgan fingerprint density at radius 1 is 1.29 bits per heavy atom. The van der Waals surface area contributed by atoms with Crippen LogP contribution in [-0.2, 0) is 16.6 Å². The van der Waals surface area contributed by atoms with Gasteiger partial charge in [-0.1, -0.05) is 25.5 Å². The van der Waals surface area contributed by atoms with Gasteiger partial charge < -0.3 is 4.42 Å². The molecular weight excluding hydrogens is 297 g/mol. The van der Waals surface area contributed by atoms with Crippen LogP contribution in [0.1, 0.15) is 25.7 Å². The fourth-order valence-electron chi connectivity index (χ4n) is 1.65. The van der Waals surface area contributed by atoms with Gasteiger partial charge >= 0.3 is 0 Å². The Morgan fingerprint density at radius 3 is 2.76 bits per heavy atom. The molecule has 1 aromatic carbocycles. The average Bonchev–Trinajstić information content (AvgIpc) is 2.92. The maximum atomic E-state index is 13.6. The smallest absolute Gasteiger partial charge is 0.250 e. The molecule has 1 aromatic heterocycles. The first-order valence-electron chi connectivity index (χ1n) is 6.56. The Morgan fingerprint density at radius 2 is 2.05 bits per heavy atom. The molecule has 6 nitrogen and oxygen atoms in total. The third-order valence-electron chi connectivity index (χ3n) is 2.78. The molecule has 0 atom stereocenters. The van der Waals surface area contributed by atoms with Crippen molar-refractivity contribution in [2.24, 2.45) is 0 Å². The second kappa shape index (κ2) is 6.77. The summed E-state index contributed by atoms with van der Waals surface area (Å²) in [4.78, 5) is 0. The molecule has 0 spiro atoms. The van der Waals surface area contributed by atoms with Crippen molar-refractivity contribution in [2.45, 2.75) is 26.3 Å². The van der Waals surface area contributed by atoms with Crippen LogP contribution in [0.25, 0.3) is 11.5 Å². The third kappa shape index (κ3) is 4.33. The van der Waals surface area contributed by atoms with Crippen molar-refractivity contribution in [1.29, 1.82) is 0 Å². The van der Waals surface area contributed by atoms with E-state index in [0.29, 0.717) is 6.42 Å². The van der Waals surface area contributed by atoms with Gasteiger partial charge in [0.25, 0.3) is 5.89 Å². The van der Waals surface area contributed by atoms with E-state index >= 15 is 0 Å². The molecule has 0 radical (unpaired) electrons. The number of aromatic nitrogens is 2. The van der Waals surface area contributed by atoms with E-state index < -0.39 is 15.8 Å². The highest BCUT2D eigenvalue weighted by molar-refractivity contribution is 7.89. The lowest BCUT2D eigenvalue weighted by atomic mass is 10.2. The standard InChI is InChI=1S/C13H16FN3O3S/c1-2-3-8-21(18,19)15-9-12-16-17-13(20-12)10-6-4-5-7-11(10)14/h4-7,15H,2-3,8-9H2,1H3. The van der Waals surface area contributed by atoms with Gasteiger partial charge in [0.1, 0.15) is 5.82 Å². The molecule has 0 amide bonds. The highest BCUT2D eigenvalue weighted by Crippen LogP contribution is 2.20. The second-order valence-corrected chi connectivity index (χ2v) is 6.40. The number of halogens is 1. The topological polar surface area (TPSA) is 85.1 Å². The summed E-state index contributed by atoms with van der Waals surface area (Å²) >= 11 is 0. The first-order valence-corrected chi connectivity index (χ1v) is 8.21. The zero-order valence-corrected chi connectivity index (χ0v) is 12.4. The molecule has 8 heteroatoms. The summed E-state index contributed by atoms with van der Waals surface area (Å²) in [6.45, 7) is 1.81. The minimum atomic E-state index is -3.36. The largest absolute Gasteiger partial charge is 0.419 e. The summed E-state index contributed by atoms with van der Waals surface area (Å²) in [5.41, 5.74) is 0.185. The molecular formula is C13H16FN3O3S. The monoisotopic (exact) mass is 313 g/mol. The molecule has 114 valence electrons. The Kier molecular flexibility index (Phi) is 5.03. The number of unbranched alkanes of at least 4 members (excludes halogenated alkanes) is 1. The molecule has 0 saturated heterocycles. The molecule has 2 rings (SSSR count). The van der Waals surface area contributed by atoms with Gasteiger partial charge in [0.05, 0.1) is 17.9 Å². The molecule has 0 bridgehead atoms. The van der Waals surface area contributed by atoms with Crippen molar-refractivity contribution in [3.05, 3.63) is 36.0 Å². The normalized spacial score (nSPS) is 11.7. The first-order chi connectivity index (χ1) is 10.0. The number of hydrogen-bond donors (Lipinski definition) is 1. The lowest BCUT2D eigenvalue weighted by Crippen LogP contribution is -2.26. The van der Waals surface area contributed by atoms with E-state index in [-0.39, 0.29) is 29.6 Å². The molecule has 2 aromatic rings. The Hall–Kier alpha value is -1.80. The lowest BCUT2D eigenvalue weighted by molar-refractivity contribution is 0.490. The number of sulfonamides is 1. The molecule has 0 aliphatic heterocycles. The van der Waals surface area contributed by atoms with Gasteiger partial charge in [-0.15, -0.1) is 10.2 Å². The van der Waals surface area contributed by atoms with Gasteiger partial charge in [0, 0.05) is 0 Å². The van der Waals surface area contributed by atoms with Crippen LogP contribution >= 0.6 is 0 Å². The van der Waals surface area contributed by atoms with Crippen molar-refractivity contribution >= 4 is 10.0 Å². The summed E-state index contributed by atoms with van der Waals surface area (Å²) in [6, 6.07) is 6.00. The first kappa shape index (κ1) is 15.6. The molecule has 21 heavy (non-hydrogen) atoms. The van der Waals surface area contributed by atoms with Crippen LogP contribution < -0.4 is 4.72 Å². The maximum absolute atomic E-state index is 13.6. The van der Waals surface area contributed by atoms with Crippen LogP contribution in [-0.4, -0.2) is 24.4 Å². The Labute approximate surface area is 122 Å².